The molecule has 100 valence electrons. The number of ether oxygens (including phenoxy) is 1. The SMILES string of the molecule is COCc1cccc(CNOCc2ccccc2)c1. The Morgan fingerprint density at radius 1 is 0.842 bits per heavy atom. The third-order valence-electron chi connectivity index (χ3n) is 2.76. The minimum absolute atomic E-state index is 0.568. The zero-order valence-corrected chi connectivity index (χ0v) is 11.1. The highest BCUT2D eigenvalue weighted by Crippen LogP contribution is 2.06. The van der Waals surface area contributed by atoms with Gasteiger partial charge in [-0.25, -0.2) is 0 Å². The molecule has 1 N–H and O–H groups in total. The number of methoxy groups -OCH3 is 1. The topological polar surface area (TPSA) is 30.5 Å². The van der Waals surface area contributed by atoms with Gasteiger partial charge in [0.15, 0.2) is 0 Å². The summed E-state index contributed by atoms with van der Waals surface area (Å²) in [7, 11) is 1.70. The molecule has 0 saturated carbocycles. The van der Waals surface area contributed by atoms with Crippen LogP contribution in [0.5, 0.6) is 0 Å². The fourth-order valence-electron chi connectivity index (χ4n) is 1.84. The Kier molecular flexibility index (Phi) is 5.56. The summed E-state index contributed by atoms with van der Waals surface area (Å²) in [6.07, 6.45) is 0. The third kappa shape index (κ3) is 4.83. The van der Waals surface area contributed by atoms with Crippen LogP contribution in [-0.4, -0.2) is 7.11 Å². The first-order valence-corrected chi connectivity index (χ1v) is 6.34. The van der Waals surface area contributed by atoms with Gasteiger partial charge in [0.2, 0.25) is 0 Å². The van der Waals surface area contributed by atoms with Crippen molar-refractivity contribution in [3.8, 4) is 0 Å². The van der Waals surface area contributed by atoms with Crippen LogP contribution in [0, 0.1) is 0 Å². The second kappa shape index (κ2) is 7.69. The zero-order chi connectivity index (χ0) is 13.3. The molecule has 0 aliphatic heterocycles. The minimum atomic E-state index is 0.568. The van der Waals surface area contributed by atoms with Crippen LogP contribution in [0.25, 0.3) is 0 Å². The van der Waals surface area contributed by atoms with Gasteiger partial charge in [0, 0.05) is 13.7 Å². The molecule has 3 nitrogen and oxygen atoms in total. The molecule has 2 aromatic rings. The van der Waals surface area contributed by atoms with Gasteiger partial charge < -0.3 is 4.74 Å². The van der Waals surface area contributed by atoms with Crippen LogP contribution in [0.4, 0.5) is 0 Å². The van der Waals surface area contributed by atoms with E-state index in [1.807, 2.05) is 36.4 Å². The second-order valence-electron chi connectivity index (χ2n) is 4.35. The first-order chi connectivity index (χ1) is 9.38. The Bertz CT molecular complexity index is 485. The summed E-state index contributed by atoms with van der Waals surface area (Å²) >= 11 is 0. The van der Waals surface area contributed by atoms with E-state index in [0.717, 1.165) is 5.56 Å². The quantitative estimate of drug-likeness (QED) is 0.611. The molecule has 0 unspecified atom stereocenters. The van der Waals surface area contributed by atoms with Crippen molar-refractivity contribution < 1.29 is 9.57 Å². The van der Waals surface area contributed by atoms with E-state index in [0.29, 0.717) is 19.8 Å². The summed E-state index contributed by atoms with van der Waals surface area (Å²) in [5, 5.41) is 0. The number of rotatable bonds is 7. The summed E-state index contributed by atoms with van der Waals surface area (Å²) in [6.45, 7) is 1.89. The maximum absolute atomic E-state index is 5.44. The first kappa shape index (κ1) is 13.7. The molecule has 0 radical (unpaired) electrons. The average Bonchev–Trinajstić information content (AvgIpc) is 2.46. The normalized spacial score (nSPS) is 10.6. The van der Waals surface area contributed by atoms with Gasteiger partial charge in [0.25, 0.3) is 0 Å². The number of benzene rings is 2. The van der Waals surface area contributed by atoms with Crippen molar-refractivity contribution in [2.75, 3.05) is 7.11 Å². The predicted molar refractivity (Wildman–Crippen MR) is 75.2 cm³/mol. The van der Waals surface area contributed by atoms with Gasteiger partial charge in [-0.15, -0.1) is 0 Å². The van der Waals surface area contributed by atoms with E-state index < -0.39 is 0 Å². The zero-order valence-electron chi connectivity index (χ0n) is 11.1. The van der Waals surface area contributed by atoms with Crippen LogP contribution in [0.1, 0.15) is 16.7 Å². The van der Waals surface area contributed by atoms with Crippen molar-refractivity contribution in [3.05, 3.63) is 71.3 Å². The van der Waals surface area contributed by atoms with E-state index in [4.69, 9.17) is 9.57 Å². The lowest BCUT2D eigenvalue weighted by Crippen LogP contribution is -2.14. The third-order valence-corrected chi connectivity index (χ3v) is 2.76. The smallest absolute Gasteiger partial charge is 0.0933 e. The van der Waals surface area contributed by atoms with Gasteiger partial charge in [0.05, 0.1) is 13.2 Å². The van der Waals surface area contributed by atoms with E-state index in [9.17, 15) is 0 Å². The van der Waals surface area contributed by atoms with Gasteiger partial charge in [-0.05, 0) is 16.7 Å². The predicted octanol–water partition coefficient (Wildman–Crippen LogP) is 3.05. The van der Waals surface area contributed by atoms with Gasteiger partial charge >= 0.3 is 0 Å². The molecule has 0 aliphatic rings. The molecule has 0 fully saturated rings. The molecule has 3 heteroatoms. The Morgan fingerprint density at radius 2 is 1.58 bits per heavy atom. The molecule has 0 bridgehead atoms. The van der Waals surface area contributed by atoms with Crippen molar-refractivity contribution >= 4 is 0 Å². The second-order valence-corrected chi connectivity index (χ2v) is 4.35. The average molecular weight is 257 g/mol. The molecule has 19 heavy (non-hydrogen) atoms. The highest BCUT2D eigenvalue weighted by Gasteiger charge is 1.96. The molecule has 2 aromatic carbocycles. The maximum Gasteiger partial charge on any atom is 0.0933 e. The van der Waals surface area contributed by atoms with Crippen molar-refractivity contribution in [2.24, 2.45) is 0 Å². The Morgan fingerprint density at radius 3 is 2.37 bits per heavy atom. The van der Waals surface area contributed by atoms with E-state index >= 15 is 0 Å². The van der Waals surface area contributed by atoms with Crippen molar-refractivity contribution in [1.82, 2.24) is 5.48 Å². The molecule has 0 heterocycles. The molecule has 0 saturated heterocycles. The molecule has 0 amide bonds. The molecular weight excluding hydrogens is 238 g/mol. The minimum Gasteiger partial charge on any atom is -0.380 e. The van der Waals surface area contributed by atoms with Crippen molar-refractivity contribution in [3.63, 3.8) is 0 Å². The summed E-state index contributed by atoms with van der Waals surface area (Å²) in [6, 6.07) is 18.4. The van der Waals surface area contributed by atoms with Gasteiger partial charge in [-0.2, -0.15) is 5.48 Å². The lowest BCUT2D eigenvalue weighted by molar-refractivity contribution is 0.0235. The number of hydroxylamine groups is 1. The van der Waals surface area contributed by atoms with Crippen LogP contribution in [0.2, 0.25) is 0 Å². The highest BCUT2D eigenvalue weighted by atomic mass is 16.6. The Balaban J connectivity index is 1.75. The van der Waals surface area contributed by atoms with Gasteiger partial charge in [-0.1, -0.05) is 54.6 Å². The van der Waals surface area contributed by atoms with Crippen molar-refractivity contribution in [1.29, 1.82) is 0 Å². The Labute approximate surface area is 114 Å². The summed E-state index contributed by atoms with van der Waals surface area (Å²) < 4.78 is 5.11. The van der Waals surface area contributed by atoms with Gasteiger partial charge in [-0.3, -0.25) is 4.84 Å². The lowest BCUT2D eigenvalue weighted by Gasteiger charge is -2.07. The van der Waals surface area contributed by atoms with E-state index in [2.05, 4.69) is 23.7 Å². The number of nitrogens with one attached hydrogen (secondary N) is 1. The van der Waals surface area contributed by atoms with Crippen LogP contribution in [0.15, 0.2) is 54.6 Å². The first-order valence-electron chi connectivity index (χ1n) is 6.34. The van der Waals surface area contributed by atoms with E-state index in [-0.39, 0.29) is 0 Å². The van der Waals surface area contributed by atoms with Crippen LogP contribution in [0.3, 0.4) is 0 Å². The number of hydrogen-bond acceptors (Lipinski definition) is 3. The van der Waals surface area contributed by atoms with Crippen molar-refractivity contribution in [2.45, 2.75) is 19.8 Å². The summed E-state index contributed by atoms with van der Waals surface area (Å²) in [5.41, 5.74) is 6.49. The number of hydrogen-bond donors (Lipinski definition) is 1. The van der Waals surface area contributed by atoms with Crippen LogP contribution in [-0.2, 0) is 29.3 Å². The van der Waals surface area contributed by atoms with E-state index in [1.165, 1.54) is 11.1 Å². The molecule has 0 aliphatic carbocycles. The standard InChI is InChI=1S/C16H19NO2/c1-18-12-16-9-5-8-15(10-16)11-17-19-13-14-6-3-2-4-7-14/h2-10,17H,11-13H2,1H3. The highest BCUT2D eigenvalue weighted by molar-refractivity contribution is 5.22. The summed E-state index contributed by atoms with van der Waals surface area (Å²) in [5.74, 6) is 0. The largest absolute Gasteiger partial charge is 0.380 e. The fourth-order valence-corrected chi connectivity index (χ4v) is 1.84. The molecule has 2 rings (SSSR count). The molecule has 0 spiro atoms. The maximum atomic E-state index is 5.44. The fraction of sp³-hybridized carbons (Fsp3) is 0.250. The Hall–Kier alpha value is -1.68. The van der Waals surface area contributed by atoms with Crippen LogP contribution >= 0.6 is 0 Å². The van der Waals surface area contributed by atoms with Gasteiger partial charge in [0.1, 0.15) is 0 Å². The monoisotopic (exact) mass is 257 g/mol. The van der Waals surface area contributed by atoms with E-state index in [1.54, 1.807) is 7.11 Å². The molecular formula is C16H19NO2. The van der Waals surface area contributed by atoms with Crippen LogP contribution < -0.4 is 5.48 Å². The lowest BCUT2D eigenvalue weighted by atomic mass is 10.1. The molecule has 0 aromatic heterocycles. The summed E-state index contributed by atoms with van der Waals surface area (Å²) in [4.78, 5) is 5.44. The molecule has 0 atom stereocenters.